The Kier molecular flexibility index (Phi) is 7.48. The number of halogens is 2. The molecule has 0 aromatic heterocycles. The van der Waals surface area contributed by atoms with Crippen molar-refractivity contribution in [2.24, 2.45) is 0 Å². The zero-order chi connectivity index (χ0) is 22.3. The number of Topliss-reactive ketones (excluding diaryl/α,β-unsaturated/α-hetero) is 1. The first kappa shape index (κ1) is 22.4. The fourth-order valence-corrected chi connectivity index (χ4v) is 4.41. The van der Waals surface area contributed by atoms with Gasteiger partial charge in [0.2, 0.25) is 0 Å². The van der Waals surface area contributed by atoms with Gasteiger partial charge in [0.25, 0.3) is 0 Å². The van der Waals surface area contributed by atoms with Crippen LogP contribution in [-0.2, 0) is 0 Å². The normalized spacial score (nSPS) is 17.6. The van der Waals surface area contributed by atoms with Gasteiger partial charge in [-0.05, 0) is 62.4 Å². The summed E-state index contributed by atoms with van der Waals surface area (Å²) in [6.07, 6.45) is 8.78. The third-order valence-corrected chi connectivity index (χ3v) is 6.34. The number of nitrogens with zero attached hydrogens (tertiary/aromatic N) is 2. The largest absolute Gasteiger partial charge is 0.377 e. The molecule has 2 aliphatic rings. The summed E-state index contributed by atoms with van der Waals surface area (Å²) in [6.45, 7) is 4.58. The predicted molar refractivity (Wildman–Crippen MR) is 124 cm³/mol. The van der Waals surface area contributed by atoms with Gasteiger partial charge in [-0.1, -0.05) is 29.8 Å². The number of carbonyl (C=O) groups excluding carboxylic acids is 1. The highest BCUT2D eigenvalue weighted by Gasteiger charge is 2.19. The quantitative estimate of drug-likeness (QED) is 0.411. The fourth-order valence-electron chi connectivity index (χ4n) is 4.41. The Balaban J connectivity index is 1.37. The van der Waals surface area contributed by atoms with Crippen LogP contribution in [0, 0.1) is 11.6 Å². The first-order valence-corrected chi connectivity index (χ1v) is 11.5. The molecule has 0 radical (unpaired) electrons. The summed E-state index contributed by atoms with van der Waals surface area (Å²) in [7, 11) is 0. The van der Waals surface area contributed by atoms with Crippen molar-refractivity contribution < 1.29 is 13.6 Å². The van der Waals surface area contributed by atoms with Crippen LogP contribution >= 0.6 is 0 Å². The van der Waals surface area contributed by atoms with E-state index in [1.165, 1.54) is 23.8 Å². The zero-order valence-electron chi connectivity index (χ0n) is 18.4. The molecule has 0 atom stereocenters. The van der Waals surface area contributed by atoms with E-state index in [4.69, 9.17) is 0 Å². The van der Waals surface area contributed by atoms with E-state index in [1.54, 1.807) is 18.2 Å². The molecule has 4 rings (SSSR count). The molecule has 0 aliphatic carbocycles. The SMILES string of the molecule is O=C(C(=CN1CCCC1)CCN1CCC(=Cc2ccccc2F)CC1)c1ccc(F)cc1. The van der Waals surface area contributed by atoms with Crippen LogP contribution in [0.25, 0.3) is 6.08 Å². The lowest BCUT2D eigenvalue weighted by Crippen LogP contribution is -2.32. The van der Waals surface area contributed by atoms with E-state index >= 15 is 0 Å². The smallest absolute Gasteiger partial charge is 0.190 e. The van der Waals surface area contributed by atoms with Crippen molar-refractivity contribution in [1.29, 1.82) is 0 Å². The highest BCUT2D eigenvalue weighted by molar-refractivity contribution is 6.08. The third kappa shape index (κ3) is 5.92. The highest BCUT2D eigenvalue weighted by atomic mass is 19.1. The maximum Gasteiger partial charge on any atom is 0.190 e. The van der Waals surface area contributed by atoms with E-state index in [0.29, 0.717) is 17.5 Å². The Labute approximate surface area is 189 Å². The van der Waals surface area contributed by atoms with Crippen LogP contribution in [0.5, 0.6) is 0 Å². The van der Waals surface area contributed by atoms with Crippen LogP contribution in [0.4, 0.5) is 8.78 Å². The van der Waals surface area contributed by atoms with Gasteiger partial charge in [-0.2, -0.15) is 0 Å². The summed E-state index contributed by atoms with van der Waals surface area (Å²) >= 11 is 0. The summed E-state index contributed by atoms with van der Waals surface area (Å²) in [6, 6.07) is 12.7. The molecule has 32 heavy (non-hydrogen) atoms. The molecule has 0 amide bonds. The minimum absolute atomic E-state index is 0.0194. The van der Waals surface area contributed by atoms with Crippen LogP contribution in [-0.4, -0.2) is 48.3 Å². The number of rotatable bonds is 7. The van der Waals surface area contributed by atoms with E-state index in [0.717, 1.165) is 64.0 Å². The average molecular weight is 437 g/mol. The number of likely N-dealkylation sites (tertiary alicyclic amines) is 2. The zero-order valence-corrected chi connectivity index (χ0v) is 18.4. The summed E-state index contributed by atoms with van der Waals surface area (Å²) in [5.41, 5.74) is 3.23. The highest BCUT2D eigenvalue weighted by Crippen LogP contribution is 2.23. The minimum Gasteiger partial charge on any atom is -0.377 e. The van der Waals surface area contributed by atoms with Crippen molar-refractivity contribution in [3.8, 4) is 0 Å². The van der Waals surface area contributed by atoms with Crippen molar-refractivity contribution in [2.45, 2.75) is 32.1 Å². The summed E-state index contributed by atoms with van der Waals surface area (Å²) < 4.78 is 27.2. The molecule has 0 N–H and O–H groups in total. The lowest BCUT2D eigenvalue weighted by atomic mass is 9.98. The average Bonchev–Trinajstić information content (AvgIpc) is 3.32. The number of benzene rings is 2. The molecule has 2 aromatic carbocycles. The second-order valence-corrected chi connectivity index (χ2v) is 8.65. The van der Waals surface area contributed by atoms with Gasteiger partial charge in [-0.15, -0.1) is 0 Å². The Hall–Kier alpha value is -2.79. The Bertz CT molecular complexity index is 981. The molecule has 0 bridgehead atoms. The van der Waals surface area contributed by atoms with Crippen molar-refractivity contribution in [1.82, 2.24) is 9.80 Å². The first-order valence-electron chi connectivity index (χ1n) is 11.5. The molecule has 0 spiro atoms. The predicted octanol–water partition coefficient (Wildman–Crippen LogP) is 5.70. The van der Waals surface area contributed by atoms with Gasteiger partial charge in [0.05, 0.1) is 0 Å². The molecule has 2 heterocycles. The molecular formula is C27H30F2N2O. The van der Waals surface area contributed by atoms with Crippen LogP contribution in [0.3, 0.4) is 0 Å². The molecule has 2 aromatic rings. The number of piperidine rings is 1. The Morgan fingerprint density at radius 1 is 0.906 bits per heavy atom. The Morgan fingerprint density at radius 2 is 1.59 bits per heavy atom. The lowest BCUT2D eigenvalue weighted by Gasteiger charge is -2.29. The molecule has 5 heteroatoms. The maximum atomic E-state index is 13.9. The summed E-state index contributed by atoms with van der Waals surface area (Å²) in [5.74, 6) is -0.536. The van der Waals surface area contributed by atoms with Gasteiger partial charge in [0.15, 0.2) is 5.78 Å². The third-order valence-electron chi connectivity index (χ3n) is 6.34. The maximum absolute atomic E-state index is 13.9. The molecule has 2 saturated heterocycles. The van der Waals surface area contributed by atoms with Crippen molar-refractivity contribution in [3.05, 3.63) is 88.6 Å². The summed E-state index contributed by atoms with van der Waals surface area (Å²) in [5, 5.41) is 0. The first-order chi connectivity index (χ1) is 15.6. The molecule has 0 unspecified atom stereocenters. The second-order valence-electron chi connectivity index (χ2n) is 8.65. The van der Waals surface area contributed by atoms with E-state index < -0.39 is 0 Å². The number of hydrogen-bond acceptors (Lipinski definition) is 3. The number of hydrogen-bond donors (Lipinski definition) is 0. The molecule has 0 saturated carbocycles. The van der Waals surface area contributed by atoms with Crippen LogP contribution in [0.2, 0.25) is 0 Å². The van der Waals surface area contributed by atoms with E-state index in [2.05, 4.69) is 9.80 Å². The minimum atomic E-state index is -0.334. The van der Waals surface area contributed by atoms with Crippen LogP contribution < -0.4 is 0 Å². The standard InChI is InChI=1S/C27H30F2N2O/c28-25-9-7-22(8-10-25)27(32)24(20-31-14-3-4-15-31)13-18-30-16-11-21(12-17-30)19-23-5-1-2-6-26(23)29/h1-2,5-10,19-20H,3-4,11-18H2. The topological polar surface area (TPSA) is 23.6 Å². The number of ketones is 1. The molecule has 3 nitrogen and oxygen atoms in total. The van der Waals surface area contributed by atoms with Gasteiger partial charge >= 0.3 is 0 Å². The fraction of sp³-hybridized carbons (Fsp3) is 0.370. The van der Waals surface area contributed by atoms with Crippen molar-refractivity contribution in [2.75, 3.05) is 32.7 Å². The van der Waals surface area contributed by atoms with E-state index in [-0.39, 0.29) is 17.4 Å². The summed E-state index contributed by atoms with van der Waals surface area (Å²) in [4.78, 5) is 17.7. The molecule has 168 valence electrons. The number of carbonyl (C=O) groups is 1. The Morgan fingerprint density at radius 3 is 2.28 bits per heavy atom. The van der Waals surface area contributed by atoms with Crippen LogP contribution in [0.15, 0.2) is 65.9 Å². The van der Waals surface area contributed by atoms with Gasteiger partial charge < -0.3 is 9.80 Å². The van der Waals surface area contributed by atoms with Gasteiger partial charge in [0.1, 0.15) is 11.6 Å². The van der Waals surface area contributed by atoms with E-state index in [9.17, 15) is 13.6 Å². The van der Waals surface area contributed by atoms with Gasteiger partial charge in [-0.3, -0.25) is 4.79 Å². The van der Waals surface area contributed by atoms with Gasteiger partial charge in [0, 0.05) is 55.6 Å². The molecule has 2 fully saturated rings. The van der Waals surface area contributed by atoms with E-state index in [1.807, 2.05) is 24.4 Å². The molecule has 2 aliphatic heterocycles. The van der Waals surface area contributed by atoms with Crippen LogP contribution in [0.1, 0.15) is 48.0 Å². The monoisotopic (exact) mass is 436 g/mol. The van der Waals surface area contributed by atoms with Crippen molar-refractivity contribution >= 4 is 11.9 Å². The lowest BCUT2D eigenvalue weighted by molar-refractivity contribution is 0.102. The van der Waals surface area contributed by atoms with Gasteiger partial charge in [-0.25, -0.2) is 8.78 Å². The molecular weight excluding hydrogens is 406 g/mol. The van der Waals surface area contributed by atoms with Crippen molar-refractivity contribution in [3.63, 3.8) is 0 Å². The second kappa shape index (κ2) is 10.7.